The number of aliphatic hydroxyl groups is 1. The van der Waals surface area contributed by atoms with Crippen LogP contribution in [0.2, 0.25) is 0 Å². The normalized spacial score (nSPS) is 25.5. The standard InChI is InChI=1S/C11H10O3/c12-6-11(7-13-11)10-5-8-3-1-2-4-9(8)14-10/h1-5,12H,6-7H2. The molecule has 2 aromatic rings. The lowest BCUT2D eigenvalue weighted by atomic mass is 10.1. The van der Waals surface area contributed by atoms with Gasteiger partial charge in [-0.15, -0.1) is 0 Å². The molecular weight excluding hydrogens is 180 g/mol. The molecule has 0 bridgehead atoms. The van der Waals surface area contributed by atoms with Crippen LogP contribution in [0.25, 0.3) is 11.0 Å². The molecule has 3 heteroatoms. The van der Waals surface area contributed by atoms with Crippen LogP contribution in [0.15, 0.2) is 34.7 Å². The first kappa shape index (κ1) is 8.03. The van der Waals surface area contributed by atoms with E-state index in [-0.39, 0.29) is 6.61 Å². The summed E-state index contributed by atoms with van der Waals surface area (Å²) in [6, 6.07) is 9.70. The van der Waals surface area contributed by atoms with Crippen molar-refractivity contribution in [1.29, 1.82) is 0 Å². The molecule has 3 nitrogen and oxygen atoms in total. The van der Waals surface area contributed by atoms with Crippen molar-refractivity contribution in [2.24, 2.45) is 0 Å². The van der Waals surface area contributed by atoms with Gasteiger partial charge in [-0.1, -0.05) is 18.2 Å². The van der Waals surface area contributed by atoms with Crippen LogP contribution in [0.1, 0.15) is 5.76 Å². The first-order valence-electron chi connectivity index (χ1n) is 4.58. The molecule has 0 spiro atoms. The number of epoxide rings is 1. The third-order valence-corrected chi connectivity index (χ3v) is 2.62. The smallest absolute Gasteiger partial charge is 0.172 e. The highest BCUT2D eigenvalue weighted by molar-refractivity contribution is 5.78. The fourth-order valence-electron chi connectivity index (χ4n) is 1.60. The molecule has 0 radical (unpaired) electrons. The Morgan fingerprint density at radius 2 is 2.14 bits per heavy atom. The topological polar surface area (TPSA) is 45.9 Å². The molecule has 2 heterocycles. The Morgan fingerprint density at radius 3 is 2.79 bits per heavy atom. The quantitative estimate of drug-likeness (QED) is 0.732. The Bertz CT molecular complexity index is 435. The second-order valence-corrected chi connectivity index (χ2v) is 3.59. The predicted octanol–water partition coefficient (Wildman–Crippen LogP) is 1.65. The van der Waals surface area contributed by atoms with Crippen molar-refractivity contribution < 1.29 is 14.3 Å². The van der Waals surface area contributed by atoms with Gasteiger partial charge in [0, 0.05) is 5.39 Å². The Labute approximate surface area is 80.9 Å². The van der Waals surface area contributed by atoms with E-state index in [0.717, 1.165) is 16.7 Å². The van der Waals surface area contributed by atoms with E-state index in [9.17, 15) is 0 Å². The monoisotopic (exact) mass is 190 g/mol. The first-order valence-corrected chi connectivity index (χ1v) is 4.58. The number of aliphatic hydroxyl groups excluding tert-OH is 1. The van der Waals surface area contributed by atoms with Gasteiger partial charge in [0.1, 0.15) is 11.3 Å². The largest absolute Gasteiger partial charge is 0.458 e. The van der Waals surface area contributed by atoms with E-state index in [4.69, 9.17) is 14.3 Å². The number of hydrogen-bond donors (Lipinski definition) is 1. The summed E-state index contributed by atoms with van der Waals surface area (Å²) in [4.78, 5) is 0. The van der Waals surface area contributed by atoms with Gasteiger partial charge in [-0.05, 0) is 12.1 Å². The van der Waals surface area contributed by atoms with Crippen LogP contribution < -0.4 is 0 Å². The number of furan rings is 1. The van der Waals surface area contributed by atoms with E-state index in [1.165, 1.54) is 0 Å². The van der Waals surface area contributed by atoms with Gasteiger partial charge in [-0.3, -0.25) is 0 Å². The number of ether oxygens (including phenoxy) is 1. The maximum Gasteiger partial charge on any atom is 0.172 e. The van der Waals surface area contributed by atoms with Crippen LogP contribution in [0.5, 0.6) is 0 Å². The molecule has 0 saturated carbocycles. The number of rotatable bonds is 2. The van der Waals surface area contributed by atoms with E-state index in [1.807, 2.05) is 30.3 Å². The summed E-state index contributed by atoms with van der Waals surface area (Å²) in [6.07, 6.45) is 0. The van der Waals surface area contributed by atoms with Crippen molar-refractivity contribution in [3.05, 3.63) is 36.1 Å². The summed E-state index contributed by atoms with van der Waals surface area (Å²) in [6.45, 7) is 0.524. The van der Waals surface area contributed by atoms with Crippen LogP contribution in [-0.2, 0) is 10.3 Å². The molecule has 1 saturated heterocycles. The minimum absolute atomic E-state index is 0.0210. The molecule has 1 aliphatic rings. The van der Waals surface area contributed by atoms with E-state index < -0.39 is 5.60 Å². The molecule has 1 aromatic carbocycles. The molecular formula is C11H10O3. The van der Waals surface area contributed by atoms with Gasteiger partial charge in [0.2, 0.25) is 0 Å². The maximum atomic E-state index is 9.15. The van der Waals surface area contributed by atoms with E-state index in [0.29, 0.717) is 6.61 Å². The Hall–Kier alpha value is -1.32. The summed E-state index contributed by atoms with van der Waals surface area (Å²) < 4.78 is 10.8. The third-order valence-electron chi connectivity index (χ3n) is 2.62. The molecule has 72 valence electrons. The Kier molecular flexibility index (Phi) is 1.48. The molecule has 3 rings (SSSR count). The summed E-state index contributed by atoms with van der Waals surface area (Å²) in [5.74, 6) is 0.723. The molecule has 0 aliphatic carbocycles. The van der Waals surface area contributed by atoms with Crippen LogP contribution in [0, 0.1) is 0 Å². The summed E-state index contributed by atoms with van der Waals surface area (Å²) >= 11 is 0. The average Bonchev–Trinajstić information content (AvgIpc) is 2.91. The molecule has 1 atom stereocenters. The number of fused-ring (bicyclic) bond motifs is 1. The highest BCUT2D eigenvalue weighted by Crippen LogP contribution is 2.40. The number of benzene rings is 1. The van der Waals surface area contributed by atoms with Crippen molar-refractivity contribution in [1.82, 2.24) is 0 Å². The fraction of sp³-hybridized carbons (Fsp3) is 0.273. The molecule has 1 unspecified atom stereocenters. The molecule has 14 heavy (non-hydrogen) atoms. The summed E-state index contributed by atoms with van der Waals surface area (Å²) in [5, 5.41) is 10.2. The highest BCUT2D eigenvalue weighted by atomic mass is 16.6. The first-order chi connectivity index (χ1) is 6.84. The SMILES string of the molecule is OCC1(c2cc3ccccc3o2)CO1. The lowest BCUT2D eigenvalue weighted by Crippen LogP contribution is -2.12. The molecule has 0 amide bonds. The van der Waals surface area contributed by atoms with Crippen LogP contribution in [0.3, 0.4) is 0 Å². The van der Waals surface area contributed by atoms with E-state index in [2.05, 4.69) is 0 Å². The highest BCUT2D eigenvalue weighted by Gasteiger charge is 2.49. The van der Waals surface area contributed by atoms with E-state index >= 15 is 0 Å². The third kappa shape index (κ3) is 0.997. The number of para-hydroxylation sites is 1. The van der Waals surface area contributed by atoms with Gasteiger partial charge in [-0.25, -0.2) is 0 Å². The van der Waals surface area contributed by atoms with E-state index in [1.54, 1.807) is 0 Å². The van der Waals surface area contributed by atoms with Gasteiger partial charge in [0.15, 0.2) is 5.60 Å². The van der Waals surface area contributed by atoms with Crippen LogP contribution >= 0.6 is 0 Å². The molecule has 1 aliphatic heterocycles. The second kappa shape index (κ2) is 2.59. The van der Waals surface area contributed by atoms with Crippen molar-refractivity contribution in [2.75, 3.05) is 13.2 Å². The zero-order valence-electron chi connectivity index (χ0n) is 7.56. The summed E-state index contributed by atoms with van der Waals surface area (Å²) in [7, 11) is 0. The van der Waals surface area contributed by atoms with Gasteiger partial charge < -0.3 is 14.3 Å². The fourth-order valence-corrected chi connectivity index (χ4v) is 1.60. The van der Waals surface area contributed by atoms with Gasteiger partial charge in [-0.2, -0.15) is 0 Å². The van der Waals surface area contributed by atoms with Gasteiger partial charge in [0.25, 0.3) is 0 Å². The van der Waals surface area contributed by atoms with Crippen molar-refractivity contribution in [2.45, 2.75) is 5.60 Å². The minimum atomic E-state index is -0.557. The molecule has 1 aromatic heterocycles. The zero-order chi connectivity index (χ0) is 9.60. The minimum Gasteiger partial charge on any atom is -0.458 e. The van der Waals surface area contributed by atoms with Crippen LogP contribution in [-0.4, -0.2) is 18.3 Å². The predicted molar refractivity (Wildman–Crippen MR) is 50.9 cm³/mol. The van der Waals surface area contributed by atoms with Crippen molar-refractivity contribution in [3.63, 3.8) is 0 Å². The molecule has 1 fully saturated rings. The van der Waals surface area contributed by atoms with Gasteiger partial charge >= 0.3 is 0 Å². The van der Waals surface area contributed by atoms with Crippen molar-refractivity contribution in [3.8, 4) is 0 Å². The maximum absolute atomic E-state index is 9.15. The summed E-state index contributed by atoms with van der Waals surface area (Å²) in [5.41, 5.74) is 0.282. The Balaban J connectivity index is 2.15. The number of hydrogen-bond acceptors (Lipinski definition) is 3. The lowest BCUT2D eigenvalue weighted by molar-refractivity contribution is 0.154. The van der Waals surface area contributed by atoms with Crippen molar-refractivity contribution >= 4 is 11.0 Å². The van der Waals surface area contributed by atoms with Crippen LogP contribution in [0.4, 0.5) is 0 Å². The Morgan fingerprint density at radius 1 is 1.36 bits per heavy atom. The molecule has 1 N–H and O–H groups in total. The average molecular weight is 190 g/mol. The lowest BCUT2D eigenvalue weighted by Gasteiger charge is -2.01. The zero-order valence-corrected chi connectivity index (χ0v) is 7.56. The van der Waals surface area contributed by atoms with Gasteiger partial charge in [0.05, 0.1) is 13.2 Å². The second-order valence-electron chi connectivity index (χ2n) is 3.59.